The molecule has 0 aromatic heterocycles. The molecule has 0 saturated heterocycles. The summed E-state index contributed by atoms with van der Waals surface area (Å²) >= 11 is 0. The molecule has 0 aliphatic rings. The number of carbonyl (C=O) groups is 1. The number of benzene rings is 1. The molecule has 0 saturated carbocycles. The summed E-state index contributed by atoms with van der Waals surface area (Å²) in [7, 11) is 0. The van der Waals surface area contributed by atoms with Crippen LogP contribution >= 0.6 is 0 Å². The van der Waals surface area contributed by atoms with E-state index in [2.05, 4.69) is 0 Å². The Balaban J connectivity index is 2.37. The van der Waals surface area contributed by atoms with Crippen molar-refractivity contribution in [2.24, 2.45) is 5.92 Å². The lowest BCUT2D eigenvalue weighted by molar-refractivity contribution is -0.123. The molecular formula is C13H17FO2. The van der Waals surface area contributed by atoms with Gasteiger partial charge in [-0.3, -0.25) is 4.79 Å². The van der Waals surface area contributed by atoms with Crippen molar-refractivity contribution < 1.29 is 13.9 Å². The minimum absolute atomic E-state index is 0.0620. The van der Waals surface area contributed by atoms with E-state index in [1.807, 2.05) is 13.8 Å². The molecule has 88 valence electrons. The normalized spacial score (nSPS) is 10.8. The van der Waals surface area contributed by atoms with Crippen LogP contribution < -0.4 is 0 Å². The van der Waals surface area contributed by atoms with Crippen LogP contribution in [0.3, 0.4) is 0 Å². The fourth-order valence-corrected chi connectivity index (χ4v) is 1.31. The van der Waals surface area contributed by atoms with E-state index >= 15 is 0 Å². The molecule has 16 heavy (non-hydrogen) atoms. The Morgan fingerprint density at radius 1 is 1.38 bits per heavy atom. The van der Waals surface area contributed by atoms with Gasteiger partial charge in [-0.15, -0.1) is 0 Å². The second-order valence-corrected chi connectivity index (χ2v) is 4.22. The van der Waals surface area contributed by atoms with Gasteiger partial charge in [-0.05, 0) is 17.5 Å². The molecule has 0 spiro atoms. The van der Waals surface area contributed by atoms with Gasteiger partial charge in [-0.1, -0.05) is 32.0 Å². The summed E-state index contributed by atoms with van der Waals surface area (Å²) in [6, 6.07) is 6.31. The first-order valence-corrected chi connectivity index (χ1v) is 5.42. The molecule has 1 aromatic rings. The number of halogens is 1. The summed E-state index contributed by atoms with van der Waals surface area (Å²) in [5, 5.41) is 0. The molecule has 0 amide bonds. The van der Waals surface area contributed by atoms with E-state index < -0.39 is 0 Å². The summed E-state index contributed by atoms with van der Waals surface area (Å²) in [6.07, 6.45) is 0.102. The molecular weight excluding hydrogens is 207 g/mol. The monoisotopic (exact) mass is 224 g/mol. The Kier molecular flexibility index (Phi) is 5.12. The highest BCUT2D eigenvalue weighted by Gasteiger charge is 2.08. The Labute approximate surface area is 95.4 Å². The molecule has 0 unspecified atom stereocenters. The molecule has 0 fully saturated rings. The first-order valence-electron chi connectivity index (χ1n) is 5.42. The van der Waals surface area contributed by atoms with Gasteiger partial charge in [0.05, 0.1) is 0 Å². The van der Waals surface area contributed by atoms with Gasteiger partial charge in [-0.25, -0.2) is 4.39 Å². The van der Waals surface area contributed by atoms with Crippen molar-refractivity contribution in [1.29, 1.82) is 0 Å². The topological polar surface area (TPSA) is 26.3 Å². The van der Waals surface area contributed by atoms with E-state index in [-0.39, 0.29) is 24.6 Å². The zero-order chi connectivity index (χ0) is 12.0. The minimum Gasteiger partial charge on any atom is -0.373 e. The van der Waals surface area contributed by atoms with Crippen LogP contribution in [-0.4, -0.2) is 19.0 Å². The van der Waals surface area contributed by atoms with E-state index in [9.17, 15) is 9.18 Å². The van der Waals surface area contributed by atoms with Crippen LogP contribution in [0, 0.1) is 11.7 Å². The van der Waals surface area contributed by atoms with E-state index in [1.54, 1.807) is 18.2 Å². The quantitative estimate of drug-likeness (QED) is 0.742. The Morgan fingerprint density at radius 3 is 2.69 bits per heavy atom. The lowest BCUT2D eigenvalue weighted by Crippen LogP contribution is -2.14. The number of carbonyl (C=O) groups excluding carboxylic acids is 1. The highest BCUT2D eigenvalue weighted by molar-refractivity contribution is 5.82. The van der Waals surface area contributed by atoms with Crippen LogP contribution in [0.15, 0.2) is 24.3 Å². The molecule has 1 aromatic carbocycles. The maximum absolute atomic E-state index is 13.2. The molecule has 0 heterocycles. The molecule has 0 N–H and O–H groups in total. The van der Waals surface area contributed by atoms with Crippen molar-refractivity contribution in [2.75, 3.05) is 13.2 Å². The average molecular weight is 224 g/mol. The van der Waals surface area contributed by atoms with Crippen molar-refractivity contribution >= 4 is 5.78 Å². The zero-order valence-corrected chi connectivity index (χ0v) is 9.70. The van der Waals surface area contributed by atoms with Crippen LogP contribution in [-0.2, 0) is 16.0 Å². The number of hydrogen-bond donors (Lipinski definition) is 0. The van der Waals surface area contributed by atoms with E-state index in [0.717, 1.165) is 0 Å². The molecule has 3 heteroatoms. The third kappa shape index (κ3) is 4.53. The van der Waals surface area contributed by atoms with Crippen LogP contribution in [0.4, 0.5) is 4.39 Å². The summed E-state index contributed by atoms with van der Waals surface area (Å²) < 4.78 is 18.4. The number of hydrogen-bond acceptors (Lipinski definition) is 2. The number of ketones is 1. The molecule has 0 atom stereocenters. The summed E-state index contributed by atoms with van der Waals surface area (Å²) in [4.78, 5) is 11.5. The van der Waals surface area contributed by atoms with Gasteiger partial charge in [-0.2, -0.15) is 0 Å². The van der Waals surface area contributed by atoms with Crippen molar-refractivity contribution in [3.8, 4) is 0 Å². The van der Waals surface area contributed by atoms with Gasteiger partial charge in [0.2, 0.25) is 0 Å². The maximum atomic E-state index is 13.2. The number of rotatable bonds is 6. The Morgan fingerprint density at radius 2 is 2.06 bits per heavy atom. The van der Waals surface area contributed by atoms with Gasteiger partial charge in [0.1, 0.15) is 12.4 Å². The zero-order valence-electron chi connectivity index (χ0n) is 9.70. The predicted octanol–water partition coefficient (Wildman–Crippen LogP) is 2.61. The first kappa shape index (κ1) is 12.8. The second kappa shape index (κ2) is 6.38. The first-order chi connectivity index (χ1) is 7.59. The van der Waals surface area contributed by atoms with Gasteiger partial charge in [0.15, 0.2) is 5.78 Å². The fourth-order valence-electron chi connectivity index (χ4n) is 1.31. The summed E-state index contributed by atoms with van der Waals surface area (Å²) in [6.45, 7) is 4.65. The lowest BCUT2D eigenvalue weighted by Gasteiger charge is -2.06. The molecule has 2 nitrogen and oxygen atoms in total. The number of Topliss-reactive ketones (excluding diaryl/α,β-unsaturated/α-hetero) is 1. The van der Waals surface area contributed by atoms with Crippen LogP contribution in [0.25, 0.3) is 0 Å². The second-order valence-electron chi connectivity index (χ2n) is 4.22. The average Bonchev–Trinajstić information content (AvgIpc) is 2.21. The van der Waals surface area contributed by atoms with Gasteiger partial charge >= 0.3 is 0 Å². The standard InChI is InChI=1S/C13H17FO2/c1-10(2)8-16-9-12(15)7-11-5-3-4-6-13(11)14/h3-6,10H,7-9H2,1-2H3. The Hall–Kier alpha value is -1.22. The van der Waals surface area contributed by atoms with Crippen LogP contribution in [0.2, 0.25) is 0 Å². The smallest absolute Gasteiger partial charge is 0.162 e. The highest BCUT2D eigenvalue weighted by Crippen LogP contribution is 2.07. The predicted molar refractivity (Wildman–Crippen MR) is 60.8 cm³/mol. The van der Waals surface area contributed by atoms with Crippen LogP contribution in [0.5, 0.6) is 0 Å². The minimum atomic E-state index is -0.334. The van der Waals surface area contributed by atoms with Crippen molar-refractivity contribution in [3.63, 3.8) is 0 Å². The third-order valence-corrected chi connectivity index (χ3v) is 2.06. The van der Waals surface area contributed by atoms with E-state index in [0.29, 0.717) is 18.1 Å². The maximum Gasteiger partial charge on any atom is 0.162 e. The molecule has 0 bridgehead atoms. The molecule has 0 radical (unpaired) electrons. The molecule has 0 aliphatic heterocycles. The molecule has 1 rings (SSSR count). The summed E-state index contributed by atoms with van der Waals surface area (Å²) in [5.41, 5.74) is 0.431. The van der Waals surface area contributed by atoms with E-state index in [1.165, 1.54) is 6.07 Å². The highest BCUT2D eigenvalue weighted by atomic mass is 19.1. The lowest BCUT2D eigenvalue weighted by atomic mass is 10.1. The largest absolute Gasteiger partial charge is 0.373 e. The summed E-state index contributed by atoms with van der Waals surface area (Å²) in [5.74, 6) is -0.0216. The molecule has 0 aliphatic carbocycles. The Bertz CT molecular complexity index is 348. The van der Waals surface area contributed by atoms with E-state index in [4.69, 9.17) is 4.74 Å². The van der Waals surface area contributed by atoms with Gasteiger partial charge in [0.25, 0.3) is 0 Å². The SMILES string of the molecule is CC(C)COCC(=O)Cc1ccccc1F. The van der Waals surface area contributed by atoms with Crippen molar-refractivity contribution in [3.05, 3.63) is 35.6 Å². The van der Waals surface area contributed by atoms with Crippen molar-refractivity contribution in [1.82, 2.24) is 0 Å². The van der Waals surface area contributed by atoms with Gasteiger partial charge < -0.3 is 4.74 Å². The van der Waals surface area contributed by atoms with Crippen molar-refractivity contribution in [2.45, 2.75) is 20.3 Å². The fraction of sp³-hybridized carbons (Fsp3) is 0.462. The third-order valence-electron chi connectivity index (χ3n) is 2.06. The van der Waals surface area contributed by atoms with Gasteiger partial charge in [0, 0.05) is 13.0 Å². The number of ether oxygens (including phenoxy) is 1. The van der Waals surface area contributed by atoms with Crippen LogP contribution in [0.1, 0.15) is 19.4 Å².